The molecule has 3 heterocycles. The number of nitrogens with one attached hydrogen (secondary N) is 3. The van der Waals surface area contributed by atoms with Crippen molar-refractivity contribution >= 4 is 46.6 Å². The summed E-state index contributed by atoms with van der Waals surface area (Å²) in [5.74, 6) is 0.310. The fourth-order valence-corrected chi connectivity index (χ4v) is 4.57. The highest BCUT2D eigenvalue weighted by Crippen LogP contribution is 2.33. The van der Waals surface area contributed by atoms with Gasteiger partial charge in [-0.2, -0.15) is 5.10 Å². The summed E-state index contributed by atoms with van der Waals surface area (Å²) >= 11 is 1.26. The number of nitrogens with two attached hydrogens (primary N) is 1. The molecule has 2 fully saturated rings. The molecule has 1 saturated carbocycles. The number of esters is 1. The van der Waals surface area contributed by atoms with E-state index in [0.717, 1.165) is 42.2 Å². The highest BCUT2D eigenvalue weighted by Gasteiger charge is 2.29. The van der Waals surface area contributed by atoms with Gasteiger partial charge in [0, 0.05) is 47.9 Å². The number of nitrogen functional groups attached to an aromatic ring is 1. The van der Waals surface area contributed by atoms with E-state index < -0.39 is 5.97 Å². The van der Waals surface area contributed by atoms with Crippen LogP contribution in [0, 0.1) is 12.8 Å². The van der Waals surface area contributed by atoms with E-state index in [4.69, 9.17) is 15.2 Å². The second-order valence-electron chi connectivity index (χ2n) is 9.16. The van der Waals surface area contributed by atoms with Crippen LogP contribution in [0.3, 0.4) is 0 Å². The number of ether oxygens (including phenoxy) is 2. The number of nitrogens with zero attached hydrogens (tertiary/aromatic N) is 4. The van der Waals surface area contributed by atoms with E-state index in [1.54, 1.807) is 6.07 Å². The van der Waals surface area contributed by atoms with Crippen LogP contribution >= 0.6 is 11.8 Å². The summed E-state index contributed by atoms with van der Waals surface area (Å²) in [5.41, 5.74) is 7.94. The van der Waals surface area contributed by atoms with E-state index in [0.29, 0.717) is 30.7 Å². The molecule has 1 amide bonds. The third-order valence-electron chi connectivity index (χ3n) is 6.09. The van der Waals surface area contributed by atoms with E-state index in [2.05, 4.69) is 35.7 Å². The zero-order valence-corrected chi connectivity index (χ0v) is 21.8. The second kappa shape index (κ2) is 11.8. The number of aryl methyl sites for hydroxylation is 1. The number of hydrogen-bond donors (Lipinski definition) is 4. The van der Waals surface area contributed by atoms with Crippen LogP contribution in [-0.2, 0) is 14.3 Å². The molecule has 0 unspecified atom stereocenters. The molecule has 1 aromatic carbocycles. The number of morpholine rings is 1. The van der Waals surface area contributed by atoms with Gasteiger partial charge in [-0.25, -0.2) is 14.8 Å². The lowest BCUT2D eigenvalue weighted by Gasteiger charge is -2.26. The lowest BCUT2D eigenvalue weighted by atomic mass is 10.3. The SMILES string of the molecule is Cc1cc(Nc2nc(Sc3ccc(NC(=O)C4CC4)cc3)nc(C(=O)OCCN3CCOCC3)c2N)n[nH]1. The molecule has 5 rings (SSSR count). The first-order valence-electron chi connectivity index (χ1n) is 12.5. The average molecular weight is 539 g/mol. The Labute approximate surface area is 224 Å². The Morgan fingerprint density at radius 1 is 1.21 bits per heavy atom. The van der Waals surface area contributed by atoms with Gasteiger partial charge in [-0.15, -0.1) is 0 Å². The zero-order valence-electron chi connectivity index (χ0n) is 21.0. The van der Waals surface area contributed by atoms with Crippen molar-refractivity contribution in [3.63, 3.8) is 0 Å². The largest absolute Gasteiger partial charge is 0.460 e. The summed E-state index contributed by atoms with van der Waals surface area (Å²) in [6.07, 6.45) is 1.89. The first-order chi connectivity index (χ1) is 18.4. The monoisotopic (exact) mass is 538 g/mol. The molecular formula is C25H30N8O4S. The number of H-pyrrole nitrogens is 1. The summed E-state index contributed by atoms with van der Waals surface area (Å²) in [5, 5.41) is 13.3. The highest BCUT2D eigenvalue weighted by atomic mass is 32.2. The summed E-state index contributed by atoms with van der Waals surface area (Å²) in [7, 11) is 0. The van der Waals surface area contributed by atoms with Crippen LogP contribution in [0.5, 0.6) is 0 Å². The van der Waals surface area contributed by atoms with Gasteiger partial charge in [0.2, 0.25) is 5.91 Å². The van der Waals surface area contributed by atoms with Crippen molar-refractivity contribution in [2.45, 2.75) is 29.8 Å². The number of aromatic amines is 1. The topological polar surface area (TPSA) is 160 Å². The zero-order chi connectivity index (χ0) is 26.5. The van der Waals surface area contributed by atoms with E-state index in [-0.39, 0.29) is 35.6 Å². The minimum Gasteiger partial charge on any atom is -0.460 e. The van der Waals surface area contributed by atoms with E-state index in [1.807, 2.05) is 31.2 Å². The molecule has 3 aromatic rings. The molecule has 1 aliphatic heterocycles. The van der Waals surface area contributed by atoms with Gasteiger partial charge in [0.1, 0.15) is 12.3 Å². The maximum atomic E-state index is 13.0. The van der Waals surface area contributed by atoms with Crippen LogP contribution in [0.25, 0.3) is 0 Å². The Morgan fingerprint density at radius 3 is 2.66 bits per heavy atom. The fourth-order valence-electron chi connectivity index (χ4n) is 3.81. The predicted octanol–water partition coefficient (Wildman–Crippen LogP) is 2.82. The molecule has 0 atom stereocenters. The van der Waals surface area contributed by atoms with Crippen LogP contribution < -0.4 is 16.4 Å². The second-order valence-corrected chi connectivity index (χ2v) is 10.2. The minimum absolute atomic E-state index is 0.0208. The normalized spacial score (nSPS) is 15.7. The minimum atomic E-state index is -0.626. The third-order valence-corrected chi connectivity index (χ3v) is 6.97. The molecule has 38 heavy (non-hydrogen) atoms. The molecular weight excluding hydrogens is 508 g/mol. The lowest BCUT2D eigenvalue weighted by molar-refractivity contribution is -0.117. The van der Waals surface area contributed by atoms with Gasteiger partial charge in [-0.05, 0) is 55.8 Å². The summed E-state index contributed by atoms with van der Waals surface area (Å²) in [6.45, 7) is 5.62. The van der Waals surface area contributed by atoms with Crippen molar-refractivity contribution in [2.75, 3.05) is 55.8 Å². The average Bonchev–Trinajstić information content (AvgIpc) is 3.69. The van der Waals surface area contributed by atoms with Gasteiger partial charge in [-0.1, -0.05) is 0 Å². The molecule has 2 aromatic heterocycles. The maximum Gasteiger partial charge on any atom is 0.359 e. The molecule has 0 radical (unpaired) electrons. The fraction of sp³-hybridized carbons (Fsp3) is 0.400. The molecule has 0 spiro atoms. The van der Waals surface area contributed by atoms with Gasteiger partial charge < -0.3 is 25.8 Å². The van der Waals surface area contributed by atoms with Crippen molar-refractivity contribution in [1.82, 2.24) is 25.1 Å². The van der Waals surface area contributed by atoms with Crippen molar-refractivity contribution in [3.05, 3.63) is 41.7 Å². The third kappa shape index (κ3) is 6.79. The van der Waals surface area contributed by atoms with E-state index >= 15 is 0 Å². The molecule has 1 aliphatic carbocycles. The van der Waals surface area contributed by atoms with Gasteiger partial charge in [0.15, 0.2) is 22.5 Å². The number of amides is 1. The molecule has 0 bridgehead atoms. The standard InChI is InChI=1S/C25H30N8O4S/c1-15-14-19(32-31-15)28-22-20(26)21(24(35)37-13-10-33-8-11-36-12-9-33)29-25(30-22)38-18-6-4-17(5-7-18)27-23(34)16-2-3-16/h4-7,14,16H,2-3,8-13,26H2,1H3,(H,27,34)(H2,28,29,30,31,32). The van der Waals surface area contributed by atoms with Crippen LogP contribution in [-0.4, -0.2) is 76.4 Å². The van der Waals surface area contributed by atoms with Crippen LogP contribution in [0.2, 0.25) is 0 Å². The van der Waals surface area contributed by atoms with Crippen molar-refractivity contribution in [2.24, 2.45) is 5.92 Å². The number of carbonyl (C=O) groups excluding carboxylic acids is 2. The van der Waals surface area contributed by atoms with Crippen LogP contribution in [0.15, 0.2) is 40.4 Å². The van der Waals surface area contributed by atoms with Crippen LogP contribution in [0.4, 0.5) is 23.0 Å². The number of hydrogen-bond acceptors (Lipinski definition) is 11. The van der Waals surface area contributed by atoms with Crippen molar-refractivity contribution in [3.8, 4) is 0 Å². The number of benzene rings is 1. The predicted molar refractivity (Wildman–Crippen MR) is 143 cm³/mol. The summed E-state index contributed by atoms with van der Waals surface area (Å²) in [4.78, 5) is 37.0. The van der Waals surface area contributed by atoms with E-state index in [9.17, 15) is 9.59 Å². The first kappa shape index (κ1) is 25.9. The Bertz CT molecular complexity index is 1290. The maximum absolute atomic E-state index is 13.0. The number of aromatic nitrogens is 4. The lowest BCUT2D eigenvalue weighted by Crippen LogP contribution is -2.38. The molecule has 1 saturated heterocycles. The van der Waals surface area contributed by atoms with Gasteiger partial charge in [0.05, 0.1) is 13.2 Å². The van der Waals surface area contributed by atoms with Gasteiger partial charge in [0.25, 0.3) is 0 Å². The van der Waals surface area contributed by atoms with Gasteiger partial charge >= 0.3 is 5.97 Å². The van der Waals surface area contributed by atoms with Gasteiger partial charge in [-0.3, -0.25) is 14.8 Å². The van der Waals surface area contributed by atoms with E-state index in [1.165, 1.54) is 11.8 Å². The smallest absolute Gasteiger partial charge is 0.359 e. The molecule has 2 aliphatic rings. The quantitative estimate of drug-likeness (QED) is 0.222. The number of rotatable bonds is 10. The Morgan fingerprint density at radius 2 is 1.97 bits per heavy atom. The summed E-state index contributed by atoms with van der Waals surface area (Å²) < 4.78 is 10.9. The molecule has 200 valence electrons. The summed E-state index contributed by atoms with van der Waals surface area (Å²) in [6, 6.07) is 9.16. The van der Waals surface area contributed by atoms with Crippen molar-refractivity contribution in [1.29, 1.82) is 0 Å². The molecule has 12 nitrogen and oxygen atoms in total. The number of anilines is 4. The van der Waals surface area contributed by atoms with Crippen molar-refractivity contribution < 1.29 is 19.1 Å². The highest BCUT2D eigenvalue weighted by molar-refractivity contribution is 7.99. The Balaban J connectivity index is 1.31. The first-order valence-corrected chi connectivity index (χ1v) is 13.3. The molecule has 5 N–H and O–H groups in total. The Kier molecular flexibility index (Phi) is 8.05. The number of carbonyl (C=O) groups is 2. The van der Waals surface area contributed by atoms with Crippen LogP contribution in [0.1, 0.15) is 29.0 Å². The molecule has 13 heteroatoms. The Hall–Kier alpha value is -3.68.